The van der Waals surface area contributed by atoms with Gasteiger partial charge < -0.3 is 10.1 Å². The lowest BCUT2D eigenvalue weighted by Crippen LogP contribution is -2.41. The van der Waals surface area contributed by atoms with E-state index in [2.05, 4.69) is 5.32 Å². The fourth-order valence-corrected chi connectivity index (χ4v) is 5.38. The van der Waals surface area contributed by atoms with Gasteiger partial charge in [-0.15, -0.1) is 0 Å². The zero-order valence-electron chi connectivity index (χ0n) is 19.6. The normalized spacial score (nSPS) is 11.2. The highest BCUT2D eigenvalue weighted by Gasteiger charge is 2.27. The lowest BCUT2D eigenvalue weighted by Gasteiger charge is -2.24. The highest BCUT2D eigenvalue weighted by Crippen LogP contribution is 2.29. The number of rotatable bonds is 11. The fourth-order valence-electron chi connectivity index (χ4n) is 3.46. The monoisotopic (exact) mass is 534 g/mol. The van der Waals surface area contributed by atoms with Crippen molar-refractivity contribution in [2.45, 2.75) is 31.6 Å². The maximum atomic E-state index is 13.4. The highest BCUT2D eigenvalue weighted by molar-refractivity contribution is 7.92. The Balaban J connectivity index is 1.69. The second kappa shape index (κ2) is 12.3. The van der Waals surface area contributed by atoms with Crippen LogP contribution in [0.1, 0.15) is 24.5 Å². The lowest BCUT2D eigenvalue weighted by molar-refractivity contribution is -0.119. The molecule has 0 aliphatic heterocycles. The maximum absolute atomic E-state index is 13.4. The van der Waals surface area contributed by atoms with Crippen LogP contribution >= 0.6 is 23.2 Å². The van der Waals surface area contributed by atoms with Crippen LogP contribution in [0.2, 0.25) is 10.0 Å². The Labute approximate surface area is 216 Å². The Morgan fingerprint density at radius 2 is 1.60 bits per heavy atom. The molecule has 0 atom stereocenters. The van der Waals surface area contributed by atoms with Gasteiger partial charge in [0.25, 0.3) is 10.0 Å². The molecule has 0 fully saturated rings. The van der Waals surface area contributed by atoms with E-state index in [0.717, 1.165) is 27.6 Å². The fraction of sp³-hybridized carbons (Fsp3) is 0.269. The first-order valence-electron chi connectivity index (χ1n) is 11.2. The number of hydrogen-bond acceptors (Lipinski definition) is 4. The van der Waals surface area contributed by atoms with Crippen LogP contribution in [0.25, 0.3) is 0 Å². The number of amides is 1. The van der Waals surface area contributed by atoms with Gasteiger partial charge in [0.1, 0.15) is 12.3 Å². The number of nitrogens with one attached hydrogen (secondary N) is 1. The molecule has 1 N–H and O–H groups in total. The van der Waals surface area contributed by atoms with Gasteiger partial charge in [-0.2, -0.15) is 0 Å². The molecular weight excluding hydrogens is 507 g/mol. The van der Waals surface area contributed by atoms with Gasteiger partial charge in [0.05, 0.1) is 17.2 Å². The Morgan fingerprint density at radius 3 is 2.20 bits per heavy atom. The largest absolute Gasteiger partial charge is 0.494 e. The molecule has 3 rings (SSSR count). The highest BCUT2D eigenvalue weighted by atomic mass is 35.5. The molecule has 0 bridgehead atoms. The molecule has 35 heavy (non-hydrogen) atoms. The van der Waals surface area contributed by atoms with Crippen LogP contribution in [-0.2, 0) is 21.2 Å². The number of anilines is 1. The Morgan fingerprint density at radius 1 is 0.971 bits per heavy atom. The second-order valence-electron chi connectivity index (χ2n) is 7.98. The van der Waals surface area contributed by atoms with Crippen LogP contribution in [-0.4, -0.2) is 34.0 Å². The van der Waals surface area contributed by atoms with Gasteiger partial charge in [-0.25, -0.2) is 8.42 Å². The molecule has 0 heterocycles. The summed E-state index contributed by atoms with van der Waals surface area (Å²) in [6.45, 7) is 4.41. The SMILES string of the molecule is CCOc1ccc(CCCNC(=O)CN(c2cc(Cl)cc(Cl)c2)S(=O)(=O)c2ccc(C)cc2)cc1. The molecule has 0 radical (unpaired) electrons. The van der Waals surface area contributed by atoms with E-state index in [4.69, 9.17) is 27.9 Å². The molecule has 0 saturated carbocycles. The summed E-state index contributed by atoms with van der Waals surface area (Å²) in [5.41, 5.74) is 2.26. The summed E-state index contributed by atoms with van der Waals surface area (Å²) in [5.74, 6) is 0.393. The van der Waals surface area contributed by atoms with Crippen molar-refractivity contribution in [3.8, 4) is 5.75 Å². The zero-order valence-corrected chi connectivity index (χ0v) is 22.0. The molecular formula is C26H28Cl2N2O4S. The van der Waals surface area contributed by atoms with Crippen LogP contribution < -0.4 is 14.4 Å². The van der Waals surface area contributed by atoms with Crippen molar-refractivity contribution in [1.29, 1.82) is 0 Å². The molecule has 0 saturated heterocycles. The number of benzene rings is 3. The molecule has 0 aliphatic carbocycles. The predicted octanol–water partition coefficient (Wildman–Crippen LogP) is 5.64. The number of halogens is 2. The molecule has 6 nitrogen and oxygen atoms in total. The van der Waals surface area contributed by atoms with Crippen molar-refractivity contribution in [3.05, 3.63) is 87.9 Å². The summed E-state index contributed by atoms with van der Waals surface area (Å²) >= 11 is 12.2. The van der Waals surface area contributed by atoms with Crippen molar-refractivity contribution < 1.29 is 17.9 Å². The van der Waals surface area contributed by atoms with Crippen molar-refractivity contribution in [3.63, 3.8) is 0 Å². The van der Waals surface area contributed by atoms with Crippen LogP contribution in [0.3, 0.4) is 0 Å². The van der Waals surface area contributed by atoms with Gasteiger partial charge in [-0.1, -0.05) is 53.0 Å². The van der Waals surface area contributed by atoms with Gasteiger partial charge in [0.2, 0.25) is 5.91 Å². The summed E-state index contributed by atoms with van der Waals surface area (Å²) in [5, 5.41) is 3.35. The molecule has 3 aromatic rings. The topological polar surface area (TPSA) is 75.7 Å². The minimum atomic E-state index is -4.04. The average Bonchev–Trinajstić information content (AvgIpc) is 2.81. The van der Waals surface area contributed by atoms with Gasteiger partial charge in [-0.3, -0.25) is 9.10 Å². The molecule has 9 heteroatoms. The van der Waals surface area contributed by atoms with Gasteiger partial charge >= 0.3 is 0 Å². The number of carbonyl (C=O) groups is 1. The predicted molar refractivity (Wildman–Crippen MR) is 141 cm³/mol. The molecule has 0 aromatic heterocycles. The summed E-state index contributed by atoms with van der Waals surface area (Å²) in [4.78, 5) is 12.8. The van der Waals surface area contributed by atoms with E-state index in [1.807, 2.05) is 38.1 Å². The standard InChI is InChI=1S/C26H28Cl2N2O4S/c1-3-34-24-10-8-20(9-11-24)5-4-14-29-26(31)18-30(23-16-21(27)15-22(28)17-23)35(32,33)25-12-6-19(2)7-13-25/h6-13,15-17H,3-5,14,18H2,1-2H3,(H,29,31). The third-order valence-corrected chi connectivity index (χ3v) is 7.45. The summed E-state index contributed by atoms with van der Waals surface area (Å²) < 4.78 is 33.4. The van der Waals surface area contributed by atoms with E-state index in [-0.39, 0.29) is 20.6 Å². The maximum Gasteiger partial charge on any atom is 0.264 e. The van der Waals surface area contributed by atoms with Gasteiger partial charge in [0, 0.05) is 16.6 Å². The molecule has 0 unspecified atom stereocenters. The first kappa shape index (κ1) is 26.9. The third-order valence-electron chi connectivity index (χ3n) is 5.23. The average molecular weight is 535 g/mol. The quantitative estimate of drug-likeness (QED) is 0.322. The molecule has 3 aromatic carbocycles. The smallest absolute Gasteiger partial charge is 0.264 e. The van der Waals surface area contributed by atoms with E-state index in [1.165, 1.54) is 30.3 Å². The van der Waals surface area contributed by atoms with Crippen molar-refractivity contribution in [2.75, 3.05) is 24.0 Å². The van der Waals surface area contributed by atoms with Crippen LogP contribution in [0, 0.1) is 6.92 Å². The van der Waals surface area contributed by atoms with E-state index in [0.29, 0.717) is 19.6 Å². The Kier molecular flexibility index (Phi) is 9.43. The van der Waals surface area contributed by atoms with E-state index >= 15 is 0 Å². The van der Waals surface area contributed by atoms with Crippen molar-refractivity contribution in [2.24, 2.45) is 0 Å². The van der Waals surface area contributed by atoms with Crippen LogP contribution in [0.15, 0.2) is 71.6 Å². The minimum absolute atomic E-state index is 0.0718. The lowest BCUT2D eigenvalue weighted by atomic mass is 10.1. The number of hydrogen-bond donors (Lipinski definition) is 1. The molecule has 0 spiro atoms. The van der Waals surface area contributed by atoms with Crippen LogP contribution in [0.5, 0.6) is 5.75 Å². The third kappa shape index (κ3) is 7.62. The van der Waals surface area contributed by atoms with Crippen LogP contribution in [0.4, 0.5) is 5.69 Å². The number of ether oxygens (including phenoxy) is 1. The number of aryl methyl sites for hydroxylation is 2. The molecule has 0 aliphatic rings. The van der Waals surface area contributed by atoms with E-state index in [9.17, 15) is 13.2 Å². The molecule has 1 amide bonds. The first-order chi connectivity index (χ1) is 16.7. The van der Waals surface area contributed by atoms with Crippen molar-refractivity contribution >= 4 is 44.8 Å². The van der Waals surface area contributed by atoms with Gasteiger partial charge in [0.15, 0.2) is 0 Å². The minimum Gasteiger partial charge on any atom is -0.494 e. The first-order valence-corrected chi connectivity index (χ1v) is 13.4. The van der Waals surface area contributed by atoms with Gasteiger partial charge in [-0.05, 0) is 74.7 Å². The van der Waals surface area contributed by atoms with E-state index < -0.39 is 22.5 Å². The number of carbonyl (C=O) groups excluding carboxylic acids is 1. The summed E-state index contributed by atoms with van der Waals surface area (Å²) in [6, 6.07) is 18.7. The van der Waals surface area contributed by atoms with Crippen molar-refractivity contribution in [1.82, 2.24) is 5.32 Å². The zero-order chi connectivity index (χ0) is 25.4. The number of sulfonamides is 1. The number of nitrogens with zero attached hydrogens (tertiary/aromatic N) is 1. The molecule has 186 valence electrons. The Hall–Kier alpha value is -2.74. The second-order valence-corrected chi connectivity index (χ2v) is 10.7. The Bertz CT molecular complexity index is 1230. The van der Waals surface area contributed by atoms with E-state index in [1.54, 1.807) is 12.1 Å². The summed E-state index contributed by atoms with van der Waals surface area (Å²) in [7, 11) is -4.04. The summed E-state index contributed by atoms with van der Waals surface area (Å²) in [6.07, 6.45) is 1.47.